The van der Waals surface area contributed by atoms with Crippen molar-refractivity contribution in [3.05, 3.63) is 35.7 Å². The maximum absolute atomic E-state index is 6.06. The summed E-state index contributed by atoms with van der Waals surface area (Å²) in [7, 11) is 3.17. The summed E-state index contributed by atoms with van der Waals surface area (Å²) in [4.78, 5) is 8.01. The van der Waals surface area contributed by atoms with Gasteiger partial charge in [0.25, 0.3) is 0 Å². The number of rotatable bonds is 3. The predicted octanol–water partition coefficient (Wildman–Crippen LogP) is 2.81. The number of benzene rings is 1. The van der Waals surface area contributed by atoms with Crippen molar-refractivity contribution in [2.45, 2.75) is 0 Å². The van der Waals surface area contributed by atoms with Crippen LogP contribution >= 0.6 is 11.6 Å². The fraction of sp³-hybridized carbons (Fsp3) is 0.167. The standard InChI is InChI=1S/C12H11ClN2O2/c1-16-10-5-3-4-8(12(10)17-2)11-9(13)6-14-7-15-11/h3-7H,1-2H3. The second-order valence-electron chi connectivity index (χ2n) is 3.26. The maximum atomic E-state index is 6.06. The number of aromatic nitrogens is 2. The van der Waals surface area contributed by atoms with Crippen molar-refractivity contribution in [2.24, 2.45) is 0 Å². The van der Waals surface area contributed by atoms with Crippen LogP contribution in [0.1, 0.15) is 0 Å². The highest BCUT2D eigenvalue weighted by Gasteiger charge is 2.14. The van der Waals surface area contributed by atoms with Crippen LogP contribution in [0.15, 0.2) is 30.7 Å². The van der Waals surface area contributed by atoms with Crippen LogP contribution in [-0.2, 0) is 0 Å². The van der Waals surface area contributed by atoms with Crippen molar-refractivity contribution >= 4 is 11.6 Å². The Hall–Kier alpha value is -1.81. The maximum Gasteiger partial charge on any atom is 0.170 e. The fourth-order valence-electron chi connectivity index (χ4n) is 1.58. The van der Waals surface area contributed by atoms with Gasteiger partial charge in [-0.05, 0) is 12.1 Å². The van der Waals surface area contributed by atoms with Crippen molar-refractivity contribution in [2.75, 3.05) is 14.2 Å². The third kappa shape index (κ3) is 2.17. The first-order valence-corrected chi connectivity index (χ1v) is 5.32. The molecule has 0 bridgehead atoms. The van der Waals surface area contributed by atoms with Crippen LogP contribution < -0.4 is 9.47 Å². The zero-order valence-corrected chi connectivity index (χ0v) is 10.2. The Morgan fingerprint density at radius 2 is 2.00 bits per heavy atom. The van der Waals surface area contributed by atoms with E-state index >= 15 is 0 Å². The summed E-state index contributed by atoms with van der Waals surface area (Å²) in [6, 6.07) is 5.54. The van der Waals surface area contributed by atoms with Crippen LogP contribution in [0.4, 0.5) is 0 Å². The molecule has 0 atom stereocenters. The third-order valence-corrected chi connectivity index (χ3v) is 2.60. The summed E-state index contributed by atoms with van der Waals surface area (Å²) in [6.07, 6.45) is 2.99. The predicted molar refractivity (Wildman–Crippen MR) is 65.6 cm³/mol. The summed E-state index contributed by atoms with van der Waals surface area (Å²) in [5.74, 6) is 1.25. The van der Waals surface area contributed by atoms with Crippen LogP contribution in [0.2, 0.25) is 5.02 Å². The highest BCUT2D eigenvalue weighted by Crippen LogP contribution is 2.38. The van der Waals surface area contributed by atoms with E-state index in [2.05, 4.69) is 9.97 Å². The van der Waals surface area contributed by atoms with Gasteiger partial charge in [-0.15, -0.1) is 0 Å². The number of para-hydroxylation sites is 1. The molecule has 0 unspecified atom stereocenters. The average molecular weight is 251 g/mol. The molecule has 0 saturated carbocycles. The van der Waals surface area contributed by atoms with E-state index in [1.165, 1.54) is 6.33 Å². The Balaban J connectivity index is 2.63. The van der Waals surface area contributed by atoms with Gasteiger partial charge in [0.1, 0.15) is 6.33 Å². The van der Waals surface area contributed by atoms with Crippen LogP contribution in [0.5, 0.6) is 11.5 Å². The highest BCUT2D eigenvalue weighted by molar-refractivity contribution is 6.33. The molecule has 1 aromatic carbocycles. The van der Waals surface area contributed by atoms with E-state index < -0.39 is 0 Å². The zero-order valence-electron chi connectivity index (χ0n) is 9.48. The van der Waals surface area contributed by atoms with Gasteiger partial charge in [0.05, 0.1) is 24.9 Å². The molecular weight excluding hydrogens is 240 g/mol. The lowest BCUT2D eigenvalue weighted by atomic mass is 10.1. The molecule has 0 spiro atoms. The van der Waals surface area contributed by atoms with Crippen molar-refractivity contribution < 1.29 is 9.47 Å². The minimum absolute atomic E-state index is 0.471. The average Bonchev–Trinajstić information content (AvgIpc) is 2.38. The lowest BCUT2D eigenvalue weighted by molar-refractivity contribution is 0.356. The van der Waals surface area contributed by atoms with Crippen molar-refractivity contribution in [1.82, 2.24) is 9.97 Å². The largest absolute Gasteiger partial charge is 0.493 e. The summed E-state index contributed by atoms with van der Waals surface area (Å²) >= 11 is 6.06. The third-order valence-electron chi connectivity index (χ3n) is 2.33. The Bertz CT molecular complexity index is 532. The number of halogens is 1. The molecule has 0 radical (unpaired) electrons. The fourth-order valence-corrected chi connectivity index (χ4v) is 1.79. The minimum Gasteiger partial charge on any atom is -0.493 e. The zero-order chi connectivity index (χ0) is 12.3. The molecule has 88 valence electrons. The van der Waals surface area contributed by atoms with Gasteiger partial charge < -0.3 is 9.47 Å². The van der Waals surface area contributed by atoms with Crippen molar-refractivity contribution in [3.8, 4) is 22.8 Å². The van der Waals surface area contributed by atoms with Crippen molar-refractivity contribution in [3.63, 3.8) is 0 Å². The summed E-state index contributed by atoms with van der Waals surface area (Å²) in [6.45, 7) is 0. The lowest BCUT2D eigenvalue weighted by Crippen LogP contribution is -1.95. The first kappa shape index (κ1) is 11.7. The number of methoxy groups -OCH3 is 2. The Labute approximate surface area is 104 Å². The lowest BCUT2D eigenvalue weighted by Gasteiger charge is -2.12. The summed E-state index contributed by atoms with van der Waals surface area (Å²) in [5, 5.41) is 0.471. The topological polar surface area (TPSA) is 44.2 Å². The molecule has 4 nitrogen and oxygen atoms in total. The van der Waals surface area contributed by atoms with Crippen LogP contribution in [-0.4, -0.2) is 24.2 Å². The smallest absolute Gasteiger partial charge is 0.170 e. The Morgan fingerprint density at radius 1 is 1.18 bits per heavy atom. The van der Waals surface area contributed by atoms with E-state index in [0.717, 1.165) is 5.56 Å². The molecule has 0 N–H and O–H groups in total. The molecule has 5 heteroatoms. The highest BCUT2D eigenvalue weighted by atomic mass is 35.5. The molecule has 2 aromatic rings. The van der Waals surface area contributed by atoms with E-state index in [0.29, 0.717) is 22.2 Å². The monoisotopic (exact) mass is 250 g/mol. The molecule has 17 heavy (non-hydrogen) atoms. The number of hydrogen-bond acceptors (Lipinski definition) is 4. The molecule has 0 aliphatic carbocycles. The molecular formula is C12H11ClN2O2. The van der Waals surface area contributed by atoms with E-state index in [9.17, 15) is 0 Å². The van der Waals surface area contributed by atoms with E-state index in [1.54, 1.807) is 20.4 Å². The van der Waals surface area contributed by atoms with E-state index in [4.69, 9.17) is 21.1 Å². The van der Waals surface area contributed by atoms with Crippen LogP contribution in [0, 0.1) is 0 Å². The molecule has 1 aromatic heterocycles. The summed E-state index contributed by atoms with van der Waals surface area (Å²) in [5.41, 5.74) is 1.40. The van der Waals surface area contributed by atoms with E-state index in [1.807, 2.05) is 18.2 Å². The second-order valence-corrected chi connectivity index (χ2v) is 3.67. The second kappa shape index (κ2) is 5.01. The Kier molecular flexibility index (Phi) is 3.44. The van der Waals surface area contributed by atoms with Gasteiger partial charge in [0, 0.05) is 11.8 Å². The number of ether oxygens (including phenoxy) is 2. The van der Waals surface area contributed by atoms with Crippen LogP contribution in [0.3, 0.4) is 0 Å². The van der Waals surface area contributed by atoms with Gasteiger partial charge in [-0.1, -0.05) is 17.7 Å². The number of nitrogens with zero attached hydrogens (tertiary/aromatic N) is 2. The quantitative estimate of drug-likeness (QED) is 0.840. The molecule has 0 amide bonds. The molecule has 0 aliphatic rings. The summed E-state index contributed by atoms with van der Waals surface area (Å²) < 4.78 is 10.6. The normalized spacial score (nSPS) is 10.1. The molecule has 1 heterocycles. The van der Waals surface area contributed by atoms with Gasteiger partial charge >= 0.3 is 0 Å². The van der Waals surface area contributed by atoms with Gasteiger partial charge in [-0.2, -0.15) is 0 Å². The first-order chi connectivity index (χ1) is 8.27. The van der Waals surface area contributed by atoms with Crippen molar-refractivity contribution in [1.29, 1.82) is 0 Å². The molecule has 2 rings (SSSR count). The minimum atomic E-state index is 0.471. The molecule has 0 fully saturated rings. The van der Waals surface area contributed by atoms with Gasteiger partial charge in [-0.25, -0.2) is 9.97 Å². The first-order valence-electron chi connectivity index (χ1n) is 4.94. The van der Waals surface area contributed by atoms with Crippen LogP contribution in [0.25, 0.3) is 11.3 Å². The SMILES string of the molecule is COc1cccc(-c2ncncc2Cl)c1OC. The van der Waals surface area contributed by atoms with Gasteiger partial charge in [0.2, 0.25) is 0 Å². The molecule has 0 saturated heterocycles. The molecule has 0 aliphatic heterocycles. The van der Waals surface area contributed by atoms with Gasteiger partial charge in [-0.3, -0.25) is 0 Å². The number of hydrogen-bond donors (Lipinski definition) is 0. The Morgan fingerprint density at radius 3 is 2.65 bits per heavy atom. The van der Waals surface area contributed by atoms with Gasteiger partial charge in [0.15, 0.2) is 11.5 Å². The van der Waals surface area contributed by atoms with E-state index in [-0.39, 0.29) is 0 Å².